The van der Waals surface area contributed by atoms with Crippen molar-refractivity contribution < 1.29 is 5.11 Å². The Morgan fingerprint density at radius 3 is 2.00 bits per heavy atom. The van der Waals surface area contributed by atoms with Gasteiger partial charge in [-0.25, -0.2) is 0 Å². The summed E-state index contributed by atoms with van der Waals surface area (Å²) >= 11 is 0. The molecule has 15 heavy (non-hydrogen) atoms. The van der Waals surface area contributed by atoms with E-state index in [2.05, 4.69) is 0 Å². The lowest BCUT2D eigenvalue weighted by atomic mass is 9.89. The molecule has 0 spiro atoms. The number of hydrogen-bond acceptors (Lipinski definition) is 1. The molecule has 0 amide bonds. The van der Waals surface area contributed by atoms with Gasteiger partial charge in [0.1, 0.15) is 0 Å². The summed E-state index contributed by atoms with van der Waals surface area (Å²) < 4.78 is 0. The molecule has 3 rings (SSSR count). The molecule has 0 heterocycles. The van der Waals surface area contributed by atoms with Crippen LogP contribution < -0.4 is 0 Å². The molecule has 86 valence electrons. The molecule has 2 atom stereocenters. The van der Waals surface area contributed by atoms with Crippen LogP contribution in [0.1, 0.15) is 64.2 Å². The van der Waals surface area contributed by atoms with E-state index in [1.165, 1.54) is 57.8 Å². The molecule has 3 fully saturated rings. The molecule has 0 aliphatic heterocycles. The van der Waals surface area contributed by atoms with Crippen LogP contribution in [0.3, 0.4) is 0 Å². The zero-order chi connectivity index (χ0) is 10.3. The third kappa shape index (κ3) is 1.73. The lowest BCUT2D eigenvalue weighted by molar-refractivity contribution is 0.0746. The Kier molecular flexibility index (Phi) is 2.54. The van der Waals surface area contributed by atoms with Crippen molar-refractivity contribution in [3.05, 3.63) is 0 Å². The second-order valence-electron chi connectivity index (χ2n) is 6.20. The van der Waals surface area contributed by atoms with Crippen molar-refractivity contribution in [1.29, 1.82) is 0 Å². The summed E-state index contributed by atoms with van der Waals surface area (Å²) in [5.74, 6) is 2.27. The molecule has 0 radical (unpaired) electrons. The summed E-state index contributed by atoms with van der Waals surface area (Å²) in [6.45, 7) is 0. The molecule has 3 aliphatic rings. The summed E-state index contributed by atoms with van der Waals surface area (Å²) in [7, 11) is 0. The van der Waals surface area contributed by atoms with Gasteiger partial charge in [-0.1, -0.05) is 44.9 Å². The average Bonchev–Trinajstić information content (AvgIpc) is 2.59. The van der Waals surface area contributed by atoms with Gasteiger partial charge in [0.05, 0.1) is 5.60 Å². The van der Waals surface area contributed by atoms with E-state index in [1.807, 2.05) is 0 Å². The van der Waals surface area contributed by atoms with E-state index in [1.54, 1.807) is 0 Å². The third-order valence-electron chi connectivity index (χ3n) is 5.28. The van der Waals surface area contributed by atoms with Crippen LogP contribution in [0.15, 0.2) is 0 Å². The fraction of sp³-hybridized carbons (Fsp3) is 1.00. The van der Waals surface area contributed by atoms with Crippen LogP contribution in [0.25, 0.3) is 0 Å². The Labute approximate surface area is 93.3 Å². The fourth-order valence-corrected chi connectivity index (χ4v) is 4.38. The van der Waals surface area contributed by atoms with E-state index in [-0.39, 0.29) is 5.60 Å². The zero-order valence-corrected chi connectivity index (χ0v) is 9.75. The van der Waals surface area contributed by atoms with E-state index in [0.29, 0.717) is 11.8 Å². The van der Waals surface area contributed by atoms with Gasteiger partial charge in [0.25, 0.3) is 0 Å². The Morgan fingerprint density at radius 1 is 0.800 bits per heavy atom. The minimum atomic E-state index is -0.187. The number of aliphatic hydroxyl groups is 1. The van der Waals surface area contributed by atoms with Crippen molar-refractivity contribution in [1.82, 2.24) is 0 Å². The molecule has 3 aliphatic carbocycles. The summed E-state index contributed by atoms with van der Waals surface area (Å²) in [6.07, 6.45) is 13.6. The first-order chi connectivity index (χ1) is 7.31. The highest BCUT2D eigenvalue weighted by atomic mass is 16.3. The summed E-state index contributed by atoms with van der Waals surface area (Å²) in [5.41, 5.74) is -0.187. The predicted molar refractivity (Wildman–Crippen MR) is 61.6 cm³/mol. The molecule has 0 bridgehead atoms. The molecular weight excluding hydrogens is 184 g/mol. The molecule has 1 N–H and O–H groups in total. The van der Waals surface area contributed by atoms with E-state index >= 15 is 0 Å². The molecule has 0 saturated heterocycles. The highest BCUT2D eigenvalue weighted by molar-refractivity contribution is 5.15. The van der Waals surface area contributed by atoms with Crippen molar-refractivity contribution in [3.8, 4) is 0 Å². The number of fused-ring (bicyclic) bond motifs is 1. The van der Waals surface area contributed by atoms with Gasteiger partial charge in [-0.2, -0.15) is 0 Å². The zero-order valence-electron chi connectivity index (χ0n) is 9.75. The minimum absolute atomic E-state index is 0.187. The van der Waals surface area contributed by atoms with Crippen LogP contribution in [0.2, 0.25) is 0 Å². The van der Waals surface area contributed by atoms with Crippen molar-refractivity contribution in [2.75, 3.05) is 0 Å². The van der Waals surface area contributed by atoms with Gasteiger partial charge < -0.3 is 5.11 Å². The van der Waals surface area contributed by atoms with Crippen LogP contribution >= 0.6 is 0 Å². The molecule has 1 nitrogen and oxygen atoms in total. The second-order valence-corrected chi connectivity index (χ2v) is 6.20. The molecule has 2 unspecified atom stereocenters. The predicted octanol–water partition coefficient (Wildman–Crippen LogP) is 3.51. The van der Waals surface area contributed by atoms with E-state index in [9.17, 15) is 5.11 Å². The van der Waals surface area contributed by atoms with Gasteiger partial charge in [0, 0.05) is 0 Å². The second kappa shape index (κ2) is 3.76. The van der Waals surface area contributed by atoms with Gasteiger partial charge in [0.15, 0.2) is 0 Å². The molecule has 0 aromatic rings. The maximum absolute atomic E-state index is 10.6. The molecule has 3 saturated carbocycles. The van der Waals surface area contributed by atoms with Crippen molar-refractivity contribution in [3.63, 3.8) is 0 Å². The number of hydrogen-bond donors (Lipinski definition) is 1. The lowest BCUT2D eigenvalue weighted by Crippen LogP contribution is -2.20. The first-order valence-electron chi connectivity index (χ1n) is 7.03. The Morgan fingerprint density at radius 2 is 1.40 bits per heavy atom. The smallest absolute Gasteiger partial charge is 0.0713 e. The summed E-state index contributed by atoms with van der Waals surface area (Å²) in [4.78, 5) is 0. The molecule has 1 heteroatoms. The summed E-state index contributed by atoms with van der Waals surface area (Å²) in [6, 6.07) is 0. The third-order valence-corrected chi connectivity index (χ3v) is 5.28. The summed E-state index contributed by atoms with van der Waals surface area (Å²) in [5, 5.41) is 10.6. The van der Waals surface area contributed by atoms with Crippen molar-refractivity contribution >= 4 is 0 Å². The van der Waals surface area contributed by atoms with Gasteiger partial charge >= 0.3 is 0 Å². The highest BCUT2D eigenvalue weighted by Gasteiger charge is 2.65. The van der Waals surface area contributed by atoms with Gasteiger partial charge in [-0.3, -0.25) is 0 Å². The van der Waals surface area contributed by atoms with Crippen molar-refractivity contribution in [2.45, 2.75) is 69.8 Å². The SMILES string of the molecule is OC1(CC2CCCCCC2)C2CCCC21. The highest BCUT2D eigenvalue weighted by Crippen LogP contribution is 2.63. The first-order valence-corrected chi connectivity index (χ1v) is 7.03. The monoisotopic (exact) mass is 208 g/mol. The topological polar surface area (TPSA) is 20.2 Å². The largest absolute Gasteiger partial charge is 0.389 e. The Hall–Kier alpha value is -0.0400. The van der Waals surface area contributed by atoms with E-state index in [0.717, 1.165) is 12.3 Å². The van der Waals surface area contributed by atoms with E-state index < -0.39 is 0 Å². The van der Waals surface area contributed by atoms with E-state index in [4.69, 9.17) is 0 Å². The van der Waals surface area contributed by atoms with Gasteiger partial charge in [-0.05, 0) is 37.0 Å². The van der Waals surface area contributed by atoms with Crippen LogP contribution in [0.5, 0.6) is 0 Å². The van der Waals surface area contributed by atoms with Crippen LogP contribution in [-0.4, -0.2) is 10.7 Å². The molecule has 0 aromatic heterocycles. The first kappa shape index (κ1) is 10.1. The fourth-order valence-electron chi connectivity index (χ4n) is 4.38. The standard InChI is InChI=1S/C14H24O/c15-14(12-8-5-9-13(12)14)10-11-6-3-1-2-4-7-11/h11-13,15H,1-10H2. The average molecular weight is 208 g/mol. The maximum atomic E-state index is 10.6. The maximum Gasteiger partial charge on any atom is 0.0713 e. The van der Waals surface area contributed by atoms with Gasteiger partial charge in [-0.15, -0.1) is 0 Å². The van der Waals surface area contributed by atoms with Crippen molar-refractivity contribution in [2.24, 2.45) is 17.8 Å². The normalized spacial score (nSPS) is 46.2. The number of rotatable bonds is 2. The van der Waals surface area contributed by atoms with Crippen LogP contribution in [0, 0.1) is 17.8 Å². The van der Waals surface area contributed by atoms with Crippen LogP contribution in [0.4, 0.5) is 0 Å². The molecule has 0 aromatic carbocycles. The minimum Gasteiger partial charge on any atom is -0.389 e. The van der Waals surface area contributed by atoms with Crippen LogP contribution in [-0.2, 0) is 0 Å². The lowest BCUT2D eigenvalue weighted by Gasteiger charge is -2.21. The Bertz CT molecular complexity index is 217. The Balaban J connectivity index is 1.56. The molecular formula is C14H24O. The van der Waals surface area contributed by atoms with Gasteiger partial charge in [0.2, 0.25) is 0 Å². The quantitative estimate of drug-likeness (QED) is 0.689.